The molecule has 1 aromatic heterocycles. The number of hydrogen-bond donors (Lipinski definition) is 1. The number of aromatic nitrogens is 2. The molecule has 0 aromatic carbocycles. The quantitative estimate of drug-likeness (QED) is 0.910. The third kappa shape index (κ3) is 3.56. The molecule has 0 amide bonds. The number of rotatable bonds is 3. The van der Waals surface area contributed by atoms with Crippen molar-refractivity contribution in [1.29, 1.82) is 0 Å². The molecule has 1 aromatic rings. The molecule has 0 radical (unpaired) electrons. The summed E-state index contributed by atoms with van der Waals surface area (Å²) in [5.41, 5.74) is 0. The molecular formula is C15H25N3O. The highest BCUT2D eigenvalue weighted by Gasteiger charge is 2.22. The van der Waals surface area contributed by atoms with Crippen LogP contribution in [0.5, 0.6) is 0 Å². The molecule has 1 aliphatic carbocycles. The van der Waals surface area contributed by atoms with Crippen LogP contribution in [-0.2, 0) is 6.42 Å². The normalized spacial score (nSPS) is 26.2. The Morgan fingerprint density at radius 3 is 2.79 bits per heavy atom. The van der Waals surface area contributed by atoms with Gasteiger partial charge in [0.15, 0.2) is 5.82 Å². The summed E-state index contributed by atoms with van der Waals surface area (Å²) in [5.74, 6) is 3.12. The Hall–Kier alpha value is -0.900. The zero-order valence-electron chi connectivity index (χ0n) is 11.7. The van der Waals surface area contributed by atoms with Crippen LogP contribution in [0.15, 0.2) is 4.52 Å². The summed E-state index contributed by atoms with van der Waals surface area (Å²) in [6, 6.07) is 0. The van der Waals surface area contributed by atoms with Crippen LogP contribution >= 0.6 is 0 Å². The average Bonchev–Trinajstić information content (AvgIpc) is 2.76. The van der Waals surface area contributed by atoms with Crippen LogP contribution in [-0.4, -0.2) is 23.2 Å². The minimum absolute atomic E-state index is 0.557. The first-order valence-corrected chi connectivity index (χ1v) is 7.95. The third-order valence-electron chi connectivity index (χ3n) is 4.61. The number of nitrogens with zero attached hydrogens (tertiary/aromatic N) is 2. The van der Waals surface area contributed by atoms with Gasteiger partial charge in [0.25, 0.3) is 0 Å². The molecule has 19 heavy (non-hydrogen) atoms. The largest absolute Gasteiger partial charge is 0.339 e. The Labute approximate surface area is 115 Å². The van der Waals surface area contributed by atoms with Crippen LogP contribution in [0.1, 0.15) is 69.0 Å². The van der Waals surface area contributed by atoms with Crippen LogP contribution in [0.3, 0.4) is 0 Å². The summed E-state index contributed by atoms with van der Waals surface area (Å²) < 4.78 is 5.48. The molecule has 2 fully saturated rings. The van der Waals surface area contributed by atoms with Crippen molar-refractivity contribution in [3.05, 3.63) is 11.7 Å². The molecule has 1 aliphatic heterocycles. The Morgan fingerprint density at radius 2 is 1.89 bits per heavy atom. The predicted molar refractivity (Wildman–Crippen MR) is 74.0 cm³/mol. The lowest BCUT2D eigenvalue weighted by molar-refractivity contribution is 0.332. The van der Waals surface area contributed by atoms with Gasteiger partial charge in [-0.3, -0.25) is 0 Å². The van der Waals surface area contributed by atoms with Crippen molar-refractivity contribution in [3.8, 4) is 0 Å². The lowest BCUT2D eigenvalue weighted by Crippen LogP contribution is -2.14. The highest BCUT2D eigenvalue weighted by atomic mass is 16.5. The maximum absolute atomic E-state index is 5.48. The Kier molecular flexibility index (Phi) is 4.49. The van der Waals surface area contributed by atoms with E-state index in [1.54, 1.807) is 0 Å². The molecule has 2 aliphatic rings. The second-order valence-corrected chi connectivity index (χ2v) is 6.13. The lowest BCUT2D eigenvalue weighted by Gasteiger charge is -2.17. The molecule has 1 saturated heterocycles. The highest BCUT2D eigenvalue weighted by Crippen LogP contribution is 2.31. The Bertz CT molecular complexity index is 376. The van der Waals surface area contributed by atoms with Crippen LogP contribution in [0.25, 0.3) is 0 Å². The molecule has 0 bridgehead atoms. The maximum atomic E-state index is 5.48. The summed E-state index contributed by atoms with van der Waals surface area (Å²) in [7, 11) is 0. The summed E-state index contributed by atoms with van der Waals surface area (Å²) in [6.45, 7) is 2.29. The standard InChI is InChI=1S/C15H25N3O/c1-2-6-13(7-3-1)15-17-14(19-18-15)11-12-5-4-9-16-10-8-12/h12-13,16H,1-11H2. The van der Waals surface area contributed by atoms with Crippen molar-refractivity contribution in [1.82, 2.24) is 15.5 Å². The molecule has 106 valence electrons. The van der Waals surface area contributed by atoms with E-state index in [1.807, 2.05) is 0 Å². The molecule has 1 saturated carbocycles. The van der Waals surface area contributed by atoms with E-state index in [-0.39, 0.29) is 0 Å². The highest BCUT2D eigenvalue weighted by molar-refractivity contribution is 4.97. The fourth-order valence-electron chi connectivity index (χ4n) is 3.42. The zero-order valence-corrected chi connectivity index (χ0v) is 11.7. The molecule has 1 atom stereocenters. The van der Waals surface area contributed by atoms with Crippen LogP contribution in [0, 0.1) is 5.92 Å². The Morgan fingerprint density at radius 1 is 1.00 bits per heavy atom. The second-order valence-electron chi connectivity index (χ2n) is 6.13. The van der Waals surface area contributed by atoms with Gasteiger partial charge in [0.1, 0.15) is 0 Å². The Balaban J connectivity index is 1.57. The van der Waals surface area contributed by atoms with E-state index in [0.717, 1.165) is 37.1 Å². The summed E-state index contributed by atoms with van der Waals surface area (Å²) in [6.07, 6.45) is 11.3. The fourth-order valence-corrected chi connectivity index (χ4v) is 3.42. The molecule has 1 N–H and O–H groups in total. The van der Waals surface area contributed by atoms with E-state index >= 15 is 0 Å². The van der Waals surface area contributed by atoms with Gasteiger partial charge in [0, 0.05) is 12.3 Å². The van der Waals surface area contributed by atoms with Crippen molar-refractivity contribution < 1.29 is 4.52 Å². The smallest absolute Gasteiger partial charge is 0.226 e. The first-order chi connectivity index (χ1) is 9.42. The SMILES string of the molecule is C1CCC(c2noc(CC3CCCNCC3)n2)CC1. The van der Waals surface area contributed by atoms with Gasteiger partial charge in [0.2, 0.25) is 5.89 Å². The van der Waals surface area contributed by atoms with Gasteiger partial charge in [-0.1, -0.05) is 24.4 Å². The van der Waals surface area contributed by atoms with Gasteiger partial charge < -0.3 is 9.84 Å². The van der Waals surface area contributed by atoms with Gasteiger partial charge >= 0.3 is 0 Å². The predicted octanol–water partition coefficient (Wildman–Crippen LogP) is 3.05. The molecule has 0 spiro atoms. The van der Waals surface area contributed by atoms with Gasteiger partial charge in [0.05, 0.1) is 0 Å². The molecule has 4 heteroatoms. The van der Waals surface area contributed by atoms with E-state index in [4.69, 9.17) is 4.52 Å². The van der Waals surface area contributed by atoms with E-state index in [0.29, 0.717) is 5.92 Å². The fraction of sp³-hybridized carbons (Fsp3) is 0.867. The van der Waals surface area contributed by atoms with Crippen LogP contribution in [0.4, 0.5) is 0 Å². The van der Waals surface area contributed by atoms with E-state index < -0.39 is 0 Å². The monoisotopic (exact) mass is 263 g/mol. The van der Waals surface area contributed by atoms with Crippen LogP contribution < -0.4 is 5.32 Å². The second kappa shape index (κ2) is 6.51. The average molecular weight is 263 g/mol. The minimum atomic E-state index is 0.557. The molecule has 4 nitrogen and oxygen atoms in total. The summed E-state index contributed by atoms with van der Waals surface area (Å²) in [4.78, 5) is 4.66. The minimum Gasteiger partial charge on any atom is -0.339 e. The summed E-state index contributed by atoms with van der Waals surface area (Å²) in [5, 5.41) is 7.68. The van der Waals surface area contributed by atoms with Gasteiger partial charge in [-0.2, -0.15) is 4.98 Å². The van der Waals surface area contributed by atoms with E-state index in [2.05, 4.69) is 15.5 Å². The topological polar surface area (TPSA) is 51.0 Å². The van der Waals surface area contributed by atoms with E-state index in [9.17, 15) is 0 Å². The third-order valence-corrected chi connectivity index (χ3v) is 4.61. The van der Waals surface area contributed by atoms with Gasteiger partial charge in [-0.25, -0.2) is 0 Å². The molecule has 1 unspecified atom stereocenters. The van der Waals surface area contributed by atoms with Crippen molar-refractivity contribution in [3.63, 3.8) is 0 Å². The number of hydrogen-bond acceptors (Lipinski definition) is 4. The van der Waals surface area contributed by atoms with Crippen LogP contribution in [0.2, 0.25) is 0 Å². The zero-order chi connectivity index (χ0) is 12.9. The van der Waals surface area contributed by atoms with Crippen molar-refractivity contribution in [2.24, 2.45) is 5.92 Å². The van der Waals surface area contributed by atoms with Gasteiger partial charge in [-0.15, -0.1) is 0 Å². The van der Waals surface area contributed by atoms with E-state index in [1.165, 1.54) is 51.4 Å². The molecular weight excluding hydrogens is 238 g/mol. The molecule has 3 rings (SSSR count). The first kappa shape index (κ1) is 13.1. The maximum Gasteiger partial charge on any atom is 0.226 e. The first-order valence-electron chi connectivity index (χ1n) is 7.95. The van der Waals surface area contributed by atoms with Gasteiger partial charge in [-0.05, 0) is 51.1 Å². The van der Waals surface area contributed by atoms with Crippen molar-refractivity contribution in [2.75, 3.05) is 13.1 Å². The van der Waals surface area contributed by atoms with Crippen molar-refractivity contribution >= 4 is 0 Å². The lowest BCUT2D eigenvalue weighted by atomic mass is 9.89. The summed E-state index contributed by atoms with van der Waals surface area (Å²) >= 11 is 0. The number of nitrogens with one attached hydrogen (secondary N) is 1. The van der Waals surface area contributed by atoms with Crippen molar-refractivity contribution in [2.45, 2.75) is 63.7 Å². The molecule has 2 heterocycles.